The van der Waals surface area contributed by atoms with Gasteiger partial charge in [-0.25, -0.2) is 4.79 Å². The number of benzene rings is 3. The second kappa shape index (κ2) is 10.1. The fourth-order valence-electron chi connectivity index (χ4n) is 3.74. The van der Waals surface area contributed by atoms with Gasteiger partial charge in [-0.3, -0.25) is 5.01 Å². The Morgan fingerprint density at radius 2 is 1.75 bits per heavy atom. The van der Waals surface area contributed by atoms with Crippen molar-refractivity contribution in [1.82, 2.24) is 0 Å². The van der Waals surface area contributed by atoms with Gasteiger partial charge in [-0.1, -0.05) is 61.5 Å². The average molecular weight is 431 g/mol. The van der Waals surface area contributed by atoms with Crippen LogP contribution in [0.15, 0.2) is 84.0 Å². The van der Waals surface area contributed by atoms with Crippen molar-refractivity contribution in [2.24, 2.45) is 5.10 Å². The van der Waals surface area contributed by atoms with E-state index in [2.05, 4.69) is 53.1 Å². The van der Waals surface area contributed by atoms with Gasteiger partial charge in [-0.15, -0.1) is 0 Å². The van der Waals surface area contributed by atoms with Crippen molar-refractivity contribution in [2.45, 2.75) is 25.8 Å². The van der Waals surface area contributed by atoms with Gasteiger partial charge in [0.05, 0.1) is 17.4 Å². The first-order valence-corrected chi connectivity index (χ1v) is 10.7. The molecule has 1 heterocycles. The number of hydrogen-bond acceptors (Lipinski definition) is 6. The monoisotopic (exact) mass is 430 g/mol. The molecule has 0 saturated heterocycles. The van der Waals surface area contributed by atoms with E-state index in [9.17, 15) is 4.79 Å². The molecule has 164 valence electrons. The number of hydrazone groups is 1. The number of aliphatic hydroxyl groups is 1. The molecule has 0 aromatic heterocycles. The maximum absolute atomic E-state index is 11.4. The highest BCUT2D eigenvalue weighted by Gasteiger charge is 2.30. The number of nitrogens with zero attached hydrogens (tertiary/aromatic N) is 2. The number of esters is 1. The first-order valence-electron chi connectivity index (χ1n) is 10.7. The van der Waals surface area contributed by atoms with E-state index in [-0.39, 0.29) is 12.6 Å². The summed E-state index contributed by atoms with van der Waals surface area (Å²) in [6, 6.07) is 26.5. The van der Waals surface area contributed by atoms with Crippen LogP contribution in [-0.4, -0.2) is 30.2 Å². The Morgan fingerprint density at radius 3 is 2.41 bits per heavy atom. The number of rotatable bonds is 8. The normalized spacial score (nSPS) is 15.4. The number of aryl methyl sites for hydroxylation is 1. The Balaban J connectivity index is 1.57. The molecule has 1 N–H and O–H groups in total. The molecule has 0 amide bonds. The van der Waals surface area contributed by atoms with Crippen LogP contribution >= 0.6 is 0 Å². The molecule has 0 aliphatic carbocycles. The summed E-state index contributed by atoms with van der Waals surface area (Å²) in [5, 5.41) is 15.7. The van der Waals surface area contributed by atoms with Crippen molar-refractivity contribution < 1.29 is 19.4 Å². The summed E-state index contributed by atoms with van der Waals surface area (Å²) in [7, 11) is 0. The van der Waals surface area contributed by atoms with Crippen molar-refractivity contribution in [3.05, 3.63) is 95.6 Å². The minimum Gasteiger partial charge on any atom is -0.482 e. The zero-order valence-electron chi connectivity index (χ0n) is 18.0. The highest BCUT2D eigenvalue weighted by Crippen LogP contribution is 2.37. The second-order valence-corrected chi connectivity index (χ2v) is 7.50. The van der Waals surface area contributed by atoms with E-state index in [1.165, 1.54) is 5.56 Å². The molecule has 6 heteroatoms. The molecule has 32 heavy (non-hydrogen) atoms. The minimum absolute atomic E-state index is 0.0473. The largest absolute Gasteiger partial charge is 0.482 e. The van der Waals surface area contributed by atoms with E-state index in [1.807, 2.05) is 42.5 Å². The Bertz CT molecular complexity index is 1060. The van der Waals surface area contributed by atoms with Crippen molar-refractivity contribution in [3.63, 3.8) is 0 Å². The van der Waals surface area contributed by atoms with Crippen LogP contribution in [0.3, 0.4) is 0 Å². The number of aliphatic hydroxyl groups excluding tert-OH is 1. The molecule has 1 aliphatic rings. The Morgan fingerprint density at radius 1 is 1.03 bits per heavy atom. The van der Waals surface area contributed by atoms with Crippen LogP contribution in [0.5, 0.6) is 5.75 Å². The lowest BCUT2D eigenvalue weighted by Crippen LogP contribution is -2.18. The second-order valence-electron chi connectivity index (χ2n) is 7.50. The van der Waals surface area contributed by atoms with Gasteiger partial charge in [0.15, 0.2) is 13.4 Å². The van der Waals surface area contributed by atoms with Gasteiger partial charge in [0.2, 0.25) is 0 Å². The zero-order valence-corrected chi connectivity index (χ0v) is 18.0. The van der Waals surface area contributed by atoms with E-state index in [4.69, 9.17) is 14.9 Å². The Kier molecular flexibility index (Phi) is 6.82. The Labute approximate surface area is 187 Å². The smallest absolute Gasteiger partial charge is 0.346 e. The van der Waals surface area contributed by atoms with E-state index >= 15 is 0 Å². The molecule has 0 bridgehead atoms. The summed E-state index contributed by atoms with van der Waals surface area (Å²) in [5.41, 5.74) is 5.60. The van der Waals surface area contributed by atoms with Crippen LogP contribution in [0, 0.1) is 0 Å². The molecule has 0 spiro atoms. The maximum atomic E-state index is 11.4. The van der Waals surface area contributed by atoms with Crippen molar-refractivity contribution in [1.29, 1.82) is 0 Å². The van der Waals surface area contributed by atoms with Gasteiger partial charge in [-0.2, -0.15) is 5.10 Å². The van der Waals surface area contributed by atoms with Gasteiger partial charge < -0.3 is 14.6 Å². The number of hydrogen-bond donors (Lipinski definition) is 1. The van der Waals surface area contributed by atoms with E-state index < -0.39 is 12.8 Å². The number of carbonyl (C=O) groups is 1. The molecule has 0 fully saturated rings. The van der Waals surface area contributed by atoms with Crippen molar-refractivity contribution in [2.75, 3.05) is 18.4 Å². The lowest BCUT2D eigenvalue weighted by Gasteiger charge is -2.24. The summed E-state index contributed by atoms with van der Waals surface area (Å²) in [5.74, 6) is -0.0559. The number of anilines is 1. The molecular weight excluding hydrogens is 404 g/mol. The van der Waals surface area contributed by atoms with Gasteiger partial charge in [0.25, 0.3) is 0 Å². The van der Waals surface area contributed by atoms with Gasteiger partial charge in [0.1, 0.15) is 5.75 Å². The average Bonchev–Trinajstić information content (AvgIpc) is 3.29. The fourth-order valence-corrected chi connectivity index (χ4v) is 3.74. The lowest BCUT2D eigenvalue weighted by atomic mass is 9.98. The standard InChI is InChI=1S/C26H26N2O4/c1-2-19-8-12-22(13-9-19)28-25(16-24(27-28)20-6-4-3-5-7-20)21-10-14-23(15-11-21)31-17-26(30)32-18-29/h3-15,25,29H,2,16-18H2,1H3. The number of carbonyl (C=O) groups excluding carboxylic acids is 1. The van der Waals surface area contributed by atoms with Crippen LogP contribution in [0.2, 0.25) is 0 Å². The third-order valence-corrected chi connectivity index (χ3v) is 5.47. The van der Waals surface area contributed by atoms with Crippen molar-refractivity contribution >= 4 is 17.4 Å². The summed E-state index contributed by atoms with van der Waals surface area (Å²) < 4.78 is 9.91. The van der Waals surface area contributed by atoms with Crippen LogP contribution < -0.4 is 9.75 Å². The third kappa shape index (κ3) is 4.98. The molecule has 3 aromatic carbocycles. The fraction of sp³-hybridized carbons (Fsp3) is 0.231. The summed E-state index contributed by atoms with van der Waals surface area (Å²) >= 11 is 0. The molecule has 3 aromatic rings. The summed E-state index contributed by atoms with van der Waals surface area (Å²) in [6.45, 7) is 1.24. The van der Waals surface area contributed by atoms with Crippen molar-refractivity contribution in [3.8, 4) is 5.75 Å². The van der Waals surface area contributed by atoms with E-state index in [1.54, 1.807) is 0 Å². The molecule has 6 nitrogen and oxygen atoms in total. The third-order valence-electron chi connectivity index (χ3n) is 5.47. The molecule has 0 saturated carbocycles. The predicted molar refractivity (Wildman–Crippen MR) is 124 cm³/mol. The van der Waals surface area contributed by atoms with Gasteiger partial charge in [-0.05, 0) is 47.4 Å². The van der Waals surface area contributed by atoms with Crippen LogP contribution in [0.4, 0.5) is 5.69 Å². The Hall–Kier alpha value is -3.64. The molecule has 1 atom stereocenters. The maximum Gasteiger partial charge on any atom is 0.346 e. The quantitative estimate of drug-likeness (QED) is 0.422. The van der Waals surface area contributed by atoms with Gasteiger partial charge >= 0.3 is 5.97 Å². The van der Waals surface area contributed by atoms with E-state index in [0.717, 1.165) is 35.4 Å². The lowest BCUT2D eigenvalue weighted by molar-refractivity contribution is -0.154. The molecule has 1 unspecified atom stereocenters. The zero-order chi connectivity index (χ0) is 22.3. The minimum atomic E-state index is -0.651. The topological polar surface area (TPSA) is 71.4 Å². The number of ether oxygens (including phenoxy) is 2. The first kappa shape index (κ1) is 21.6. The molecule has 4 rings (SSSR count). The highest BCUT2D eigenvalue weighted by atomic mass is 16.6. The SMILES string of the molecule is CCc1ccc(N2N=C(c3ccccc3)CC2c2ccc(OCC(=O)OCO)cc2)cc1. The van der Waals surface area contributed by atoms with Gasteiger partial charge in [0, 0.05) is 6.42 Å². The molecular formula is C26H26N2O4. The van der Waals surface area contributed by atoms with E-state index in [0.29, 0.717) is 5.75 Å². The summed E-state index contributed by atoms with van der Waals surface area (Å²) in [6.07, 6.45) is 1.78. The summed E-state index contributed by atoms with van der Waals surface area (Å²) in [4.78, 5) is 11.4. The predicted octanol–water partition coefficient (Wildman–Crippen LogP) is 4.48. The molecule has 0 radical (unpaired) electrons. The van der Waals surface area contributed by atoms with Crippen LogP contribution in [0.25, 0.3) is 0 Å². The first-order chi connectivity index (χ1) is 15.7. The molecule has 1 aliphatic heterocycles. The highest BCUT2D eigenvalue weighted by molar-refractivity contribution is 6.03. The van der Waals surface area contributed by atoms with Crippen LogP contribution in [0.1, 0.15) is 36.1 Å². The van der Waals surface area contributed by atoms with Crippen LogP contribution in [-0.2, 0) is 16.0 Å².